The minimum absolute atomic E-state index is 0.0690. The molecule has 1 aliphatic heterocycles. The molecule has 188 valence electrons. The Bertz CT molecular complexity index is 1220. The van der Waals surface area contributed by atoms with Crippen LogP contribution in [0.1, 0.15) is 37.9 Å². The second-order valence-electron chi connectivity index (χ2n) is 10.8. The monoisotopic (exact) mass is 504 g/mol. The second kappa shape index (κ2) is 9.89. The topological polar surface area (TPSA) is 58.6 Å². The van der Waals surface area contributed by atoms with E-state index in [2.05, 4.69) is 39.2 Å². The van der Waals surface area contributed by atoms with E-state index in [1.165, 1.54) is 12.1 Å². The summed E-state index contributed by atoms with van der Waals surface area (Å²) in [5.41, 5.74) is 2.33. The van der Waals surface area contributed by atoms with E-state index in [-0.39, 0.29) is 29.1 Å². The number of anilines is 1. The Kier molecular flexibility index (Phi) is 7.04. The molecule has 0 radical (unpaired) electrons. The van der Waals surface area contributed by atoms with Crippen LogP contribution in [0.25, 0.3) is 0 Å². The van der Waals surface area contributed by atoms with Gasteiger partial charge in [-0.3, -0.25) is 9.59 Å². The van der Waals surface area contributed by atoms with Crippen LogP contribution in [0.5, 0.6) is 5.75 Å². The van der Waals surface area contributed by atoms with Crippen molar-refractivity contribution in [3.05, 3.63) is 95.8 Å². The average Bonchev–Trinajstić information content (AvgIpc) is 2.82. The molecule has 3 aromatic carbocycles. The van der Waals surface area contributed by atoms with E-state index in [4.69, 9.17) is 4.43 Å². The van der Waals surface area contributed by atoms with Crippen LogP contribution in [0, 0.1) is 5.82 Å². The largest absolute Gasteiger partial charge is 0.544 e. The van der Waals surface area contributed by atoms with Gasteiger partial charge in [0.15, 0.2) is 0 Å². The van der Waals surface area contributed by atoms with Gasteiger partial charge < -0.3 is 14.6 Å². The van der Waals surface area contributed by atoms with Crippen LogP contribution in [-0.2, 0) is 16.0 Å². The number of β-lactam (4-membered cyclic amide) rings is 1. The molecule has 1 aliphatic rings. The summed E-state index contributed by atoms with van der Waals surface area (Å²) in [6.45, 7) is 11.0. The maximum Gasteiger partial charge on any atom is 0.252 e. The van der Waals surface area contributed by atoms with Gasteiger partial charge in [-0.05, 0) is 65.7 Å². The highest BCUT2D eigenvalue weighted by atomic mass is 28.4. The third kappa shape index (κ3) is 5.36. The van der Waals surface area contributed by atoms with Gasteiger partial charge in [-0.1, -0.05) is 63.2 Å². The van der Waals surface area contributed by atoms with E-state index in [9.17, 15) is 14.0 Å². The molecule has 2 amide bonds. The van der Waals surface area contributed by atoms with Crippen LogP contribution in [-0.4, -0.2) is 26.2 Å². The molecule has 3 aromatic rings. The Morgan fingerprint density at radius 3 is 2.17 bits per heavy atom. The van der Waals surface area contributed by atoms with Crippen molar-refractivity contribution in [3.8, 4) is 5.75 Å². The van der Waals surface area contributed by atoms with E-state index in [1.807, 2.05) is 54.6 Å². The zero-order chi connectivity index (χ0) is 26.1. The normalized spacial score (nSPS) is 17.9. The number of nitrogens with one attached hydrogen (secondary N) is 1. The van der Waals surface area contributed by atoms with Crippen LogP contribution < -0.4 is 14.6 Å². The predicted octanol–water partition coefficient (Wildman–Crippen LogP) is 6.03. The molecule has 0 aliphatic carbocycles. The second-order valence-corrected chi connectivity index (χ2v) is 15.5. The Balaban J connectivity index is 1.58. The van der Waals surface area contributed by atoms with Crippen LogP contribution in [0.2, 0.25) is 18.1 Å². The Hall–Kier alpha value is -3.45. The highest BCUT2D eigenvalue weighted by Gasteiger charge is 2.49. The summed E-state index contributed by atoms with van der Waals surface area (Å²) in [6.07, 6.45) is 0.188. The minimum atomic E-state index is -2.00. The number of halogens is 1. The molecule has 7 heteroatoms. The van der Waals surface area contributed by atoms with Gasteiger partial charge in [-0.25, -0.2) is 4.39 Å². The molecular weight excluding hydrogens is 471 g/mol. The lowest BCUT2D eigenvalue weighted by molar-refractivity contribution is -0.132. The summed E-state index contributed by atoms with van der Waals surface area (Å²) in [6, 6.07) is 21.8. The maximum atomic E-state index is 13.5. The first-order valence-corrected chi connectivity index (χ1v) is 15.1. The molecule has 36 heavy (non-hydrogen) atoms. The van der Waals surface area contributed by atoms with E-state index >= 15 is 0 Å². The van der Waals surface area contributed by atoms with Crippen molar-refractivity contribution in [2.75, 3.05) is 4.90 Å². The lowest BCUT2D eigenvalue weighted by Crippen LogP contribution is -2.66. The third-order valence-corrected chi connectivity index (χ3v) is 11.5. The van der Waals surface area contributed by atoms with E-state index in [1.54, 1.807) is 17.0 Å². The van der Waals surface area contributed by atoms with Crippen molar-refractivity contribution >= 4 is 25.8 Å². The number of amides is 2. The number of hydrogen-bond donors (Lipinski definition) is 1. The van der Waals surface area contributed by atoms with Crippen molar-refractivity contribution in [1.82, 2.24) is 5.32 Å². The van der Waals surface area contributed by atoms with Gasteiger partial charge in [0.1, 0.15) is 17.6 Å². The Morgan fingerprint density at radius 2 is 1.58 bits per heavy atom. The lowest BCUT2D eigenvalue weighted by atomic mass is 9.87. The summed E-state index contributed by atoms with van der Waals surface area (Å²) in [7, 11) is -2.00. The molecule has 4 rings (SSSR count). The highest BCUT2D eigenvalue weighted by Crippen LogP contribution is 2.41. The molecule has 0 saturated carbocycles. The molecule has 1 saturated heterocycles. The van der Waals surface area contributed by atoms with E-state index < -0.39 is 20.4 Å². The first-order chi connectivity index (χ1) is 17.0. The van der Waals surface area contributed by atoms with Crippen LogP contribution in [0.4, 0.5) is 10.1 Å². The summed E-state index contributed by atoms with van der Waals surface area (Å²) in [5.74, 6) is -0.0343. The molecule has 1 fully saturated rings. The van der Waals surface area contributed by atoms with Crippen molar-refractivity contribution in [2.24, 2.45) is 0 Å². The number of nitrogens with zero attached hydrogens (tertiary/aromatic N) is 1. The number of rotatable bonds is 7. The fourth-order valence-corrected chi connectivity index (χ4v) is 5.08. The summed E-state index contributed by atoms with van der Waals surface area (Å²) < 4.78 is 19.9. The van der Waals surface area contributed by atoms with Gasteiger partial charge in [0.2, 0.25) is 14.2 Å². The Morgan fingerprint density at radius 1 is 0.972 bits per heavy atom. The van der Waals surface area contributed by atoms with Crippen LogP contribution in [0.3, 0.4) is 0 Å². The fraction of sp³-hybridized carbons (Fsp3) is 0.310. The van der Waals surface area contributed by atoms with Crippen LogP contribution >= 0.6 is 0 Å². The van der Waals surface area contributed by atoms with Crippen molar-refractivity contribution in [1.29, 1.82) is 0 Å². The summed E-state index contributed by atoms with van der Waals surface area (Å²) in [4.78, 5) is 27.6. The zero-order valence-electron chi connectivity index (χ0n) is 21.4. The number of carbonyl (C=O) groups excluding carboxylic acids is 2. The van der Waals surface area contributed by atoms with Crippen LogP contribution in [0.15, 0.2) is 78.9 Å². The predicted molar refractivity (Wildman–Crippen MR) is 143 cm³/mol. The number of carbonyl (C=O) groups is 2. The van der Waals surface area contributed by atoms with Crippen molar-refractivity contribution in [3.63, 3.8) is 0 Å². The highest BCUT2D eigenvalue weighted by molar-refractivity contribution is 6.74. The fourth-order valence-electron chi connectivity index (χ4n) is 4.05. The maximum absolute atomic E-state index is 13.5. The molecular formula is C29H33FN2O3Si. The molecule has 0 bridgehead atoms. The quantitative estimate of drug-likeness (QED) is 0.316. The molecule has 5 nitrogen and oxygen atoms in total. The zero-order valence-corrected chi connectivity index (χ0v) is 22.4. The molecule has 1 heterocycles. The smallest absolute Gasteiger partial charge is 0.252 e. The Labute approximate surface area is 213 Å². The van der Waals surface area contributed by atoms with Gasteiger partial charge in [-0.2, -0.15) is 0 Å². The summed E-state index contributed by atoms with van der Waals surface area (Å²) in [5, 5.41) is 2.99. The van der Waals surface area contributed by atoms with E-state index in [0.717, 1.165) is 16.9 Å². The minimum Gasteiger partial charge on any atom is -0.544 e. The van der Waals surface area contributed by atoms with Crippen molar-refractivity contribution in [2.45, 2.75) is 57.4 Å². The standard InChI is InChI=1S/C29H33FN2O3Si/c1-29(2,3)36(4,5)35-24-17-11-21(12-18-24)27-26(31-25(33)19-20-9-7-6-8-10-20)28(34)32(27)23-15-13-22(30)14-16-23/h6-18,26-27H,19H2,1-5H3,(H,31,33)/t26-,27-/m1/s1. The summed E-state index contributed by atoms with van der Waals surface area (Å²) >= 11 is 0. The third-order valence-electron chi connectivity index (χ3n) is 7.13. The van der Waals surface area contributed by atoms with Crippen molar-refractivity contribution < 1.29 is 18.4 Å². The van der Waals surface area contributed by atoms with Gasteiger partial charge in [0.05, 0.1) is 12.5 Å². The molecule has 0 aromatic heterocycles. The van der Waals surface area contributed by atoms with E-state index in [0.29, 0.717) is 5.69 Å². The molecule has 0 unspecified atom stereocenters. The average molecular weight is 505 g/mol. The lowest BCUT2D eigenvalue weighted by Gasteiger charge is -2.47. The number of hydrogen-bond acceptors (Lipinski definition) is 3. The molecule has 1 N–H and O–H groups in total. The first kappa shape index (κ1) is 25.6. The van der Waals surface area contributed by atoms with Gasteiger partial charge in [0.25, 0.3) is 5.91 Å². The molecule has 2 atom stereocenters. The molecule has 0 spiro atoms. The SMILES string of the molecule is CC(C)(C)[Si](C)(C)Oc1ccc([C@@H]2[C@@H](NC(=O)Cc3ccccc3)C(=O)N2c2ccc(F)cc2)cc1. The van der Waals surface area contributed by atoms with Gasteiger partial charge in [-0.15, -0.1) is 0 Å². The van der Waals surface area contributed by atoms with Gasteiger partial charge >= 0.3 is 0 Å². The first-order valence-electron chi connectivity index (χ1n) is 12.2. The number of benzene rings is 3. The van der Waals surface area contributed by atoms with Gasteiger partial charge in [0, 0.05) is 5.69 Å².